The Morgan fingerprint density at radius 3 is 2.83 bits per heavy atom. The van der Waals surface area contributed by atoms with Crippen LogP contribution in [0.5, 0.6) is 0 Å². The Morgan fingerprint density at radius 2 is 2.13 bits per heavy atom. The van der Waals surface area contributed by atoms with Crippen LogP contribution in [-0.4, -0.2) is 43.6 Å². The Bertz CT molecular complexity index is 628. The van der Waals surface area contributed by atoms with Gasteiger partial charge in [-0.15, -0.1) is 0 Å². The molecule has 0 saturated carbocycles. The van der Waals surface area contributed by atoms with Crippen molar-refractivity contribution >= 4 is 23.0 Å². The molecule has 6 heteroatoms. The molecule has 6 nitrogen and oxygen atoms in total. The Labute approximate surface area is 136 Å². The SMILES string of the molecule is CNC(C)CNC(=O)C1CCN(c2nc3ccccc3o2)CC1. The van der Waals surface area contributed by atoms with Crippen molar-refractivity contribution in [2.75, 3.05) is 31.6 Å². The number of hydrogen-bond donors (Lipinski definition) is 2. The van der Waals surface area contributed by atoms with Gasteiger partial charge in [-0.1, -0.05) is 12.1 Å². The van der Waals surface area contributed by atoms with Gasteiger partial charge in [-0.05, 0) is 38.9 Å². The van der Waals surface area contributed by atoms with Crippen molar-refractivity contribution in [3.8, 4) is 0 Å². The molecule has 1 aliphatic heterocycles. The number of hydrogen-bond acceptors (Lipinski definition) is 5. The van der Waals surface area contributed by atoms with Gasteiger partial charge < -0.3 is 20.0 Å². The number of likely N-dealkylation sites (N-methyl/N-ethyl adjacent to an activating group) is 1. The number of fused-ring (bicyclic) bond motifs is 1. The summed E-state index contributed by atoms with van der Waals surface area (Å²) in [5.74, 6) is 0.240. The second-order valence-electron chi connectivity index (χ2n) is 6.16. The number of oxazole rings is 1. The summed E-state index contributed by atoms with van der Waals surface area (Å²) in [6.07, 6.45) is 1.66. The van der Waals surface area contributed by atoms with E-state index in [1.54, 1.807) is 0 Å². The van der Waals surface area contributed by atoms with Crippen LogP contribution >= 0.6 is 0 Å². The molecule has 0 bridgehead atoms. The van der Waals surface area contributed by atoms with Crippen LogP contribution in [0.25, 0.3) is 11.1 Å². The fourth-order valence-corrected chi connectivity index (χ4v) is 2.83. The minimum atomic E-state index is 0.0830. The van der Waals surface area contributed by atoms with Gasteiger partial charge in [-0.2, -0.15) is 4.98 Å². The maximum atomic E-state index is 12.2. The molecular formula is C17H24N4O2. The van der Waals surface area contributed by atoms with Crippen LogP contribution in [0.3, 0.4) is 0 Å². The fourth-order valence-electron chi connectivity index (χ4n) is 2.83. The summed E-state index contributed by atoms with van der Waals surface area (Å²) in [5.41, 5.74) is 1.69. The van der Waals surface area contributed by atoms with Crippen LogP contribution in [0.15, 0.2) is 28.7 Å². The molecule has 1 aliphatic rings. The molecule has 0 aliphatic carbocycles. The third kappa shape index (κ3) is 3.64. The van der Waals surface area contributed by atoms with E-state index >= 15 is 0 Å². The number of amides is 1. The zero-order valence-corrected chi connectivity index (χ0v) is 13.7. The third-order valence-corrected chi connectivity index (χ3v) is 4.49. The largest absolute Gasteiger partial charge is 0.423 e. The highest BCUT2D eigenvalue weighted by Gasteiger charge is 2.27. The molecule has 0 radical (unpaired) electrons. The predicted molar refractivity (Wildman–Crippen MR) is 90.5 cm³/mol. The number of nitrogens with one attached hydrogen (secondary N) is 2. The first-order valence-electron chi connectivity index (χ1n) is 8.23. The molecular weight excluding hydrogens is 292 g/mol. The van der Waals surface area contributed by atoms with E-state index in [0.29, 0.717) is 18.6 Å². The summed E-state index contributed by atoms with van der Waals surface area (Å²) in [5, 5.41) is 6.14. The molecule has 0 spiro atoms. The molecule has 1 fully saturated rings. The molecule has 2 heterocycles. The van der Waals surface area contributed by atoms with Crippen LogP contribution < -0.4 is 15.5 Å². The van der Waals surface area contributed by atoms with E-state index in [0.717, 1.165) is 37.0 Å². The Balaban J connectivity index is 1.54. The van der Waals surface area contributed by atoms with Crippen LogP contribution in [0.4, 0.5) is 6.01 Å². The molecule has 1 unspecified atom stereocenters. The zero-order chi connectivity index (χ0) is 16.2. The predicted octanol–water partition coefficient (Wildman–Crippen LogP) is 1.77. The van der Waals surface area contributed by atoms with Crippen molar-refractivity contribution < 1.29 is 9.21 Å². The van der Waals surface area contributed by atoms with Gasteiger partial charge in [-0.25, -0.2) is 0 Å². The number of carbonyl (C=O) groups excluding carboxylic acids is 1. The van der Waals surface area contributed by atoms with Gasteiger partial charge in [0.15, 0.2) is 5.58 Å². The lowest BCUT2D eigenvalue weighted by Crippen LogP contribution is -2.44. The van der Waals surface area contributed by atoms with Crippen LogP contribution in [0.2, 0.25) is 0 Å². The van der Waals surface area contributed by atoms with E-state index in [2.05, 4.69) is 27.4 Å². The smallest absolute Gasteiger partial charge is 0.298 e. The standard InChI is InChI=1S/C17H24N4O2/c1-12(18-2)11-19-16(22)13-7-9-21(10-8-13)17-20-14-5-3-4-6-15(14)23-17/h3-6,12-13,18H,7-11H2,1-2H3,(H,19,22). The average Bonchev–Trinajstić information content (AvgIpc) is 3.03. The molecule has 1 atom stereocenters. The lowest BCUT2D eigenvalue weighted by molar-refractivity contribution is -0.125. The molecule has 1 amide bonds. The van der Waals surface area contributed by atoms with Gasteiger partial charge in [0.05, 0.1) is 0 Å². The van der Waals surface area contributed by atoms with E-state index < -0.39 is 0 Å². The fraction of sp³-hybridized carbons (Fsp3) is 0.529. The van der Waals surface area contributed by atoms with Crippen molar-refractivity contribution in [1.82, 2.24) is 15.6 Å². The molecule has 1 aromatic heterocycles. The van der Waals surface area contributed by atoms with Crippen molar-refractivity contribution in [3.63, 3.8) is 0 Å². The van der Waals surface area contributed by atoms with Crippen molar-refractivity contribution in [3.05, 3.63) is 24.3 Å². The monoisotopic (exact) mass is 316 g/mol. The summed E-state index contributed by atoms with van der Waals surface area (Å²) < 4.78 is 5.80. The van der Waals surface area contributed by atoms with Gasteiger partial charge in [0.25, 0.3) is 6.01 Å². The number of carbonyl (C=O) groups is 1. The number of anilines is 1. The van der Waals surface area contributed by atoms with Crippen LogP contribution in [0.1, 0.15) is 19.8 Å². The van der Waals surface area contributed by atoms with Gasteiger partial charge in [0, 0.05) is 31.6 Å². The summed E-state index contributed by atoms with van der Waals surface area (Å²) in [6, 6.07) is 8.73. The molecule has 2 N–H and O–H groups in total. The normalized spacial score (nSPS) is 17.4. The molecule has 2 aromatic rings. The van der Waals surface area contributed by atoms with E-state index in [9.17, 15) is 4.79 Å². The Hall–Kier alpha value is -2.08. The first kappa shape index (κ1) is 15.8. The number of piperidine rings is 1. The maximum absolute atomic E-state index is 12.2. The number of aromatic nitrogens is 1. The highest BCUT2D eigenvalue weighted by atomic mass is 16.4. The third-order valence-electron chi connectivity index (χ3n) is 4.49. The number of nitrogens with zero attached hydrogens (tertiary/aromatic N) is 2. The zero-order valence-electron chi connectivity index (χ0n) is 13.7. The first-order chi connectivity index (χ1) is 11.2. The van der Waals surface area contributed by atoms with Crippen molar-refractivity contribution in [1.29, 1.82) is 0 Å². The average molecular weight is 316 g/mol. The molecule has 1 aromatic carbocycles. The topological polar surface area (TPSA) is 70.4 Å². The quantitative estimate of drug-likeness (QED) is 0.880. The van der Waals surface area contributed by atoms with Gasteiger partial charge in [0.2, 0.25) is 5.91 Å². The second kappa shape index (κ2) is 7.00. The van der Waals surface area contributed by atoms with E-state index in [-0.39, 0.29) is 11.8 Å². The Morgan fingerprint density at radius 1 is 1.39 bits per heavy atom. The van der Waals surface area contributed by atoms with Crippen molar-refractivity contribution in [2.24, 2.45) is 5.92 Å². The van der Waals surface area contributed by atoms with Crippen molar-refractivity contribution in [2.45, 2.75) is 25.8 Å². The Kier molecular flexibility index (Phi) is 4.81. The lowest BCUT2D eigenvalue weighted by atomic mass is 9.96. The minimum Gasteiger partial charge on any atom is -0.423 e. The molecule has 23 heavy (non-hydrogen) atoms. The summed E-state index contributed by atoms with van der Waals surface area (Å²) in [4.78, 5) is 18.9. The number of rotatable bonds is 5. The van der Waals surface area contributed by atoms with Gasteiger partial charge in [-0.3, -0.25) is 4.79 Å². The lowest BCUT2D eigenvalue weighted by Gasteiger charge is -2.30. The minimum absolute atomic E-state index is 0.0830. The van der Waals surface area contributed by atoms with Crippen LogP contribution in [0, 0.1) is 5.92 Å². The molecule has 1 saturated heterocycles. The van der Waals surface area contributed by atoms with E-state index in [1.165, 1.54) is 0 Å². The molecule has 124 valence electrons. The maximum Gasteiger partial charge on any atom is 0.298 e. The second-order valence-corrected chi connectivity index (χ2v) is 6.16. The van der Waals surface area contributed by atoms with E-state index in [1.807, 2.05) is 31.3 Å². The molecule has 3 rings (SSSR count). The highest BCUT2D eigenvalue weighted by Crippen LogP contribution is 2.26. The summed E-state index contributed by atoms with van der Waals surface area (Å²) in [6.45, 7) is 4.32. The number of benzene rings is 1. The van der Waals surface area contributed by atoms with Gasteiger partial charge in [0.1, 0.15) is 5.52 Å². The highest BCUT2D eigenvalue weighted by molar-refractivity contribution is 5.79. The summed E-state index contributed by atoms with van der Waals surface area (Å²) in [7, 11) is 1.90. The first-order valence-corrected chi connectivity index (χ1v) is 8.23. The number of para-hydroxylation sites is 2. The van der Waals surface area contributed by atoms with Crippen LogP contribution in [-0.2, 0) is 4.79 Å². The summed E-state index contributed by atoms with van der Waals surface area (Å²) >= 11 is 0. The van der Waals surface area contributed by atoms with E-state index in [4.69, 9.17) is 4.42 Å². The van der Waals surface area contributed by atoms with Gasteiger partial charge >= 0.3 is 0 Å².